The number of sulfone groups is 1. The van der Waals surface area contributed by atoms with Gasteiger partial charge >= 0.3 is 0 Å². The number of carbonyl (C=O) groups is 1. The van der Waals surface area contributed by atoms with E-state index in [1.807, 2.05) is 37.3 Å². The third-order valence-corrected chi connectivity index (χ3v) is 8.13. The number of pyridine rings is 1. The number of nitrogens with zero attached hydrogens (tertiary/aromatic N) is 3. The molecule has 1 saturated heterocycles. The summed E-state index contributed by atoms with van der Waals surface area (Å²) in [6.45, 7) is 5.05. The standard InChI is InChI=1S/C28H28ClN3O5S/c1-4-23(33)26-25(18-8-6-5-7-9-18)22-12-19(29)10-11-21(22)27(34)31(26)14-20-13-24(38(3,35)36)32(30-20)15-28(2)16-37-17-28/h5-13H,4,14-17H2,1-3H3. The average molecular weight is 554 g/mol. The lowest BCUT2D eigenvalue weighted by atomic mass is 9.89. The van der Waals surface area contributed by atoms with E-state index in [9.17, 15) is 18.0 Å². The fraction of sp³-hybridized carbons (Fsp3) is 0.321. The molecule has 0 saturated carbocycles. The van der Waals surface area contributed by atoms with Crippen molar-refractivity contribution in [1.29, 1.82) is 0 Å². The largest absolute Gasteiger partial charge is 0.380 e. The van der Waals surface area contributed by atoms with Gasteiger partial charge in [-0.1, -0.05) is 55.8 Å². The van der Waals surface area contributed by atoms with Gasteiger partial charge in [0.25, 0.3) is 5.56 Å². The summed E-state index contributed by atoms with van der Waals surface area (Å²) < 4.78 is 33.5. The number of aromatic nitrogens is 3. The van der Waals surface area contributed by atoms with E-state index in [1.54, 1.807) is 25.1 Å². The molecule has 0 N–H and O–H groups in total. The SMILES string of the molecule is CCC(=O)c1c(-c2ccccc2)c2cc(Cl)ccc2c(=O)n1Cc1cc(S(C)(=O)=O)n(CC2(C)COC2)n1. The van der Waals surface area contributed by atoms with Crippen LogP contribution in [0.2, 0.25) is 5.02 Å². The number of hydrogen-bond acceptors (Lipinski definition) is 6. The predicted octanol–water partition coefficient (Wildman–Crippen LogP) is 4.60. The van der Waals surface area contributed by atoms with Crippen LogP contribution in [0.1, 0.15) is 36.5 Å². The van der Waals surface area contributed by atoms with E-state index in [0.717, 1.165) is 11.8 Å². The lowest BCUT2D eigenvalue weighted by Crippen LogP contribution is -2.43. The summed E-state index contributed by atoms with van der Waals surface area (Å²) in [5, 5.41) is 6.10. The zero-order chi connectivity index (χ0) is 27.2. The molecule has 1 aliphatic rings. The number of Topliss-reactive ketones (excluding diaryl/α,β-unsaturated/α-hetero) is 1. The van der Waals surface area contributed by atoms with Gasteiger partial charge in [-0.15, -0.1) is 0 Å². The van der Waals surface area contributed by atoms with Crippen LogP contribution in [-0.4, -0.2) is 48.0 Å². The smallest absolute Gasteiger partial charge is 0.259 e. The van der Waals surface area contributed by atoms with Crippen molar-refractivity contribution >= 4 is 38.0 Å². The summed E-state index contributed by atoms with van der Waals surface area (Å²) in [5.41, 5.74) is 1.39. The molecule has 10 heteroatoms. The number of carbonyl (C=O) groups excluding carboxylic acids is 1. The Bertz CT molecular complexity index is 1720. The van der Waals surface area contributed by atoms with E-state index in [1.165, 1.54) is 15.3 Å². The summed E-state index contributed by atoms with van der Waals surface area (Å²) in [6, 6.07) is 15.9. The summed E-state index contributed by atoms with van der Waals surface area (Å²) in [6.07, 6.45) is 1.31. The second-order valence-electron chi connectivity index (χ2n) is 10.2. The lowest BCUT2D eigenvalue weighted by molar-refractivity contribution is -0.112. The van der Waals surface area contributed by atoms with Crippen LogP contribution < -0.4 is 5.56 Å². The van der Waals surface area contributed by atoms with Gasteiger partial charge < -0.3 is 4.74 Å². The Balaban J connectivity index is 1.75. The molecule has 198 valence electrons. The average Bonchev–Trinajstić information content (AvgIpc) is 3.27. The predicted molar refractivity (Wildman–Crippen MR) is 147 cm³/mol. The monoisotopic (exact) mass is 553 g/mol. The quantitative estimate of drug-likeness (QED) is 0.296. The van der Waals surface area contributed by atoms with Gasteiger partial charge in [-0.05, 0) is 29.1 Å². The maximum Gasteiger partial charge on any atom is 0.259 e. The number of ether oxygens (including phenoxy) is 1. The first-order valence-corrected chi connectivity index (χ1v) is 14.6. The molecule has 0 atom stereocenters. The highest BCUT2D eigenvalue weighted by Crippen LogP contribution is 2.34. The van der Waals surface area contributed by atoms with Crippen molar-refractivity contribution in [1.82, 2.24) is 14.3 Å². The fourth-order valence-corrected chi connectivity index (χ4v) is 5.94. The van der Waals surface area contributed by atoms with Gasteiger partial charge in [0.15, 0.2) is 20.6 Å². The van der Waals surface area contributed by atoms with Crippen LogP contribution in [0.4, 0.5) is 0 Å². The summed E-state index contributed by atoms with van der Waals surface area (Å²) in [5.74, 6) is -0.218. The molecule has 1 aliphatic heterocycles. The van der Waals surface area contributed by atoms with Gasteiger partial charge in [-0.25, -0.2) is 8.42 Å². The molecule has 0 bridgehead atoms. The highest BCUT2D eigenvalue weighted by Gasteiger charge is 2.36. The van der Waals surface area contributed by atoms with Crippen molar-refractivity contribution in [3.8, 4) is 11.1 Å². The van der Waals surface area contributed by atoms with Crippen LogP contribution in [0.3, 0.4) is 0 Å². The summed E-state index contributed by atoms with van der Waals surface area (Å²) in [7, 11) is -3.60. The first-order valence-electron chi connectivity index (χ1n) is 12.3. The van der Waals surface area contributed by atoms with Gasteiger partial charge in [0.05, 0.1) is 37.7 Å². The van der Waals surface area contributed by atoms with Crippen molar-refractivity contribution in [3.05, 3.63) is 81.4 Å². The number of rotatable bonds is 8. The highest BCUT2D eigenvalue weighted by atomic mass is 35.5. The van der Waals surface area contributed by atoms with Crippen molar-refractivity contribution in [3.63, 3.8) is 0 Å². The van der Waals surface area contributed by atoms with Gasteiger partial charge in [0.2, 0.25) is 0 Å². The third-order valence-electron chi connectivity index (χ3n) is 6.81. The van der Waals surface area contributed by atoms with Crippen molar-refractivity contribution < 1.29 is 17.9 Å². The van der Waals surface area contributed by atoms with E-state index < -0.39 is 9.84 Å². The van der Waals surface area contributed by atoms with E-state index in [4.69, 9.17) is 16.3 Å². The van der Waals surface area contributed by atoms with Gasteiger partial charge in [0.1, 0.15) is 0 Å². The van der Waals surface area contributed by atoms with Crippen LogP contribution in [0.5, 0.6) is 0 Å². The van der Waals surface area contributed by atoms with Crippen molar-refractivity contribution in [2.75, 3.05) is 19.5 Å². The Morgan fingerprint density at radius 2 is 1.82 bits per heavy atom. The molecule has 2 aromatic carbocycles. The number of hydrogen-bond donors (Lipinski definition) is 0. The normalized spacial score (nSPS) is 14.9. The second-order valence-corrected chi connectivity index (χ2v) is 12.6. The zero-order valence-electron chi connectivity index (χ0n) is 21.4. The Hall–Kier alpha value is -3.27. The minimum atomic E-state index is -3.60. The molecule has 0 amide bonds. The van der Waals surface area contributed by atoms with E-state index in [2.05, 4.69) is 5.10 Å². The maximum atomic E-state index is 13.8. The molecule has 8 nitrogen and oxygen atoms in total. The number of benzene rings is 2. The molecular weight excluding hydrogens is 526 g/mol. The molecule has 0 radical (unpaired) electrons. The molecule has 4 aromatic rings. The van der Waals surface area contributed by atoms with Crippen LogP contribution in [0.25, 0.3) is 21.9 Å². The Morgan fingerprint density at radius 3 is 2.42 bits per heavy atom. The minimum Gasteiger partial charge on any atom is -0.380 e. The van der Waals surface area contributed by atoms with Gasteiger partial charge in [0, 0.05) is 40.1 Å². The van der Waals surface area contributed by atoms with Crippen LogP contribution in [0.15, 0.2) is 64.4 Å². The molecule has 38 heavy (non-hydrogen) atoms. The minimum absolute atomic E-state index is 0.0629. The molecule has 0 spiro atoms. The molecule has 1 fully saturated rings. The molecule has 0 unspecified atom stereocenters. The van der Waals surface area contributed by atoms with Crippen molar-refractivity contribution in [2.24, 2.45) is 5.41 Å². The summed E-state index contributed by atoms with van der Waals surface area (Å²) >= 11 is 6.33. The van der Waals surface area contributed by atoms with E-state index in [-0.39, 0.29) is 40.4 Å². The molecule has 3 heterocycles. The number of ketones is 1. The van der Waals surface area contributed by atoms with E-state index >= 15 is 0 Å². The Labute approximate surface area is 225 Å². The molecular formula is C28H28ClN3O5S. The van der Waals surface area contributed by atoms with Crippen LogP contribution in [-0.2, 0) is 27.7 Å². The van der Waals surface area contributed by atoms with Crippen LogP contribution in [0, 0.1) is 5.41 Å². The zero-order valence-corrected chi connectivity index (χ0v) is 23.0. The highest BCUT2D eigenvalue weighted by molar-refractivity contribution is 7.90. The molecule has 0 aliphatic carbocycles. The molecule has 5 rings (SSSR count). The lowest BCUT2D eigenvalue weighted by Gasteiger charge is -2.38. The van der Waals surface area contributed by atoms with Gasteiger partial charge in [-0.2, -0.15) is 5.10 Å². The van der Waals surface area contributed by atoms with Gasteiger partial charge in [-0.3, -0.25) is 18.8 Å². The number of fused-ring (bicyclic) bond motifs is 1. The number of halogens is 1. The first-order chi connectivity index (χ1) is 18.0. The fourth-order valence-electron chi connectivity index (χ4n) is 4.93. The summed E-state index contributed by atoms with van der Waals surface area (Å²) in [4.78, 5) is 27.3. The maximum absolute atomic E-state index is 13.8. The molecule has 2 aromatic heterocycles. The van der Waals surface area contributed by atoms with Crippen molar-refractivity contribution in [2.45, 2.75) is 38.4 Å². The van der Waals surface area contributed by atoms with E-state index in [0.29, 0.717) is 46.8 Å². The topological polar surface area (TPSA) is 100 Å². The van der Waals surface area contributed by atoms with Crippen LogP contribution >= 0.6 is 11.6 Å². The Kier molecular flexibility index (Phi) is 6.79. The second kappa shape index (κ2) is 9.80. The third kappa shape index (κ3) is 4.81. The Morgan fingerprint density at radius 1 is 1.11 bits per heavy atom. The first kappa shape index (κ1) is 26.3.